The van der Waals surface area contributed by atoms with Crippen molar-refractivity contribution in [2.24, 2.45) is 0 Å². The maximum Gasteiger partial charge on any atom is 0.145 e. The monoisotopic (exact) mass is 676 g/mol. The van der Waals surface area contributed by atoms with Crippen LogP contribution in [0.1, 0.15) is 0 Å². The van der Waals surface area contributed by atoms with Gasteiger partial charge in [-0.05, 0) is 97.0 Å². The number of pyridine rings is 2. The van der Waals surface area contributed by atoms with Crippen LogP contribution < -0.4 is 0 Å². The first-order valence-corrected chi connectivity index (χ1v) is 17.9. The molecule has 3 heterocycles. The Kier molecular flexibility index (Phi) is 7.43. The van der Waals surface area contributed by atoms with Crippen LogP contribution in [-0.4, -0.2) is 19.5 Å². The van der Waals surface area contributed by atoms with Gasteiger partial charge in [0.1, 0.15) is 17.2 Å². The van der Waals surface area contributed by atoms with Gasteiger partial charge in [0.15, 0.2) is 0 Å². The number of hydrogen-bond acceptors (Lipinski definition) is 3. The number of benzene rings is 7. The number of fused-ring (bicyclic) bond motifs is 3. The van der Waals surface area contributed by atoms with Crippen LogP contribution in [0.3, 0.4) is 0 Å². The first-order chi connectivity index (χ1) is 26.3. The fourth-order valence-corrected chi connectivity index (χ4v) is 7.75. The second-order valence-electron chi connectivity index (χ2n) is 13.2. The Morgan fingerprint density at radius 3 is 1.53 bits per heavy atom. The van der Waals surface area contributed by atoms with E-state index < -0.39 is 0 Å². The number of rotatable bonds is 6. The van der Waals surface area contributed by atoms with Crippen molar-refractivity contribution >= 4 is 32.3 Å². The van der Waals surface area contributed by atoms with Crippen molar-refractivity contribution < 1.29 is 0 Å². The van der Waals surface area contributed by atoms with E-state index in [0.29, 0.717) is 0 Å². The lowest BCUT2D eigenvalue weighted by Gasteiger charge is -2.18. The van der Waals surface area contributed by atoms with Gasteiger partial charge in [-0.25, -0.2) is 4.98 Å². The fraction of sp³-hybridized carbons (Fsp3) is 0. The molecular formula is C49H32N4. The van der Waals surface area contributed by atoms with E-state index in [4.69, 9.17) is 15.0 Å². The van der Waals surface area contributed by atoms with Crippen molar-refractivity contribution in [2.45, 2.75) is 0 Å². The molecule has 0 fully saturated rings. The van der Waals surface area contributed by atoms with Crippen LogP contribution in [0.5, 0.6) is 0 Å². The summed E-state index contributed by atoms with van der Waals surface area (Å²) >= 11 is 0. The Morgan fingerprint density at radius 2 is 0.906 bits per heavy atom. The standard InChI is InChI=1S/C49H32N4/c1-2-15-35(16-3-1)49-52-47(43-22-10-12-30-50-43)48(44-23-11-13-31-51-44)53(49)38-28-26-34(27-29-38)45-39-18-6-8-20-41(39)46(42-21-9-7-19-40(42)45)37-25-24-33-14-4-5-17-36(33)32-37/h1-32H. The lowest BCUT2D eigenvalue weighted by Crippen LogP contribution is -2.01. The first kappa shape index (κ1) is 30.6. The molecule has 0 radical (unpaired) electrons. The zero-order chi connectivity index (χ0) is 35.1. The van der Waals surface area contributed by atoms with Crippen molar-refractivity contribution in [3.05, 3.63) is 194 Å². The summed E-state index contributed by atoms with van der Waals surface area (Å²) in [5, 5.41) is 7.40. The normalized spacial score (nSPS) is 11.4. The van der Waals surface area contributed by atoms with Gasteiger partial charge in [-0.1, -0.05) is 140 Å². The summed E-state index contributed by atoms with van der Waals surface area (Å²) in [6.45, 7) is 0. The number of nitrogens with zero attached hydrogens (tertiary/aromatic N) is 4. The fourth-order valence-electron chi connectivity index (χ4n) is 7.75. The van der Waals surface area contributed by atoms with Crippen LogP contribution in [0, 0.1) is 0 Å². The van der Waals surface area contributed by atoms with Gasteiger partial charge in [0.25, 0.3) is 0 Å². The molecule has 3 aromatic heterocycles. The van der Waals surface area contributed by atoms with Crippen molar-refractivity contribution in [3.8, 4) is 62.1 Å². The van der Waals surface area contributed by atoms with Gasteiger partial charge in [0.2, 0.25) is 0 Å². The highest BCUT2D eigenvalue weighted by Crippen LogP contribution is 2.45. The molecule has 0 aliphatic carbocycles. The second kappa shape index (κ2) is 12.9. The molecule has 0 saturated carbocycles. The third-order valence-electron chi connectivity index (χ3n) is 10.1. The summed E-state index contributed by atoms with van der Waals surface area (Å²) in [5.74, 6) is 0.829. The molecule has 0 atom stereocenters. The van der Waals surface area contributed by atoms with Gasteiger partial charge >= 0.3 is 0 Å². The summed E-state index contributed by atoms with van der Waals surface area (Å²) in [4.78, 5) is 14.8. The third kappa shape index (κ3) is 5.28. The Hall–Kier alpha value is -7.17. The third-order valence-corrected chi connectivity index (χ3v) is 10.1. The molecule has 0 amide bonds. The van der Waals surface area contributed by atoms with E-state index in [1.54, 1.807) is 0 Å². The molecular weight excluding hydrogens is 645 g/mol. The van der Waals surface area contributed by atoms with E-state index in [1.807, 2.05) is 54.9 Å². The van der Waals surface area contributed by atoms with Gasteiger partial charge in [-0.3, -0.25) is 14.5 Å². The van der Waals surface area contributed by atoms with E-state index in [0.717, 1.165) is 45.4 Å². The molecule has 0 bridgehead atoms. The Bertz CT molecular complexity index is 2860. The van der Waals surface area contributed by atoms with Gasteiger partial charge < -0.3 is 0 Å². The molecule has 10 rings (SSSR count). The van der Waals surface area contributed by atoms with Gasteiger partial charge in [0.05, 0.1) is 11.4 Å². The molecule has 4 heteroatoms. The molecule has 0 unspecified atom stereocenters. The van der Waals surface area contributed by atoms with E-state index >= 15 is 0 Å². The average molecular weight is 677 g/mol. The summed E-state index contributed by atoms with van der Waals surface area (Å²) in [6.07, 6.45) is 3.64. The Morgan fingerprint density at radius 1 is 0.377 bits per heavy atom. The molecule has 0 aliphatic rings. The molecule has 53 heavy (non-hydrogen) atoms. The van der Waals surface area contributed by atoms with E-state index in [9.17, 15) is 0 Å². The van der Waals surface area contributed by atoms with E-state index in [2.05, 4.69) is 144 Å². The molecule has 0 N–H and O–H groups in total. The Balaban J connectivity index is 1.19. The number of hydrogen-bond donors (Lipinski definition) is 0. The first-order valence-electron chi connectivity index (χ1n) is 17.9. The summed E-state index contributed by atoms with van der Waals surface area (Å²) in [6, 6.07) is 64.2. The Labute approximate surface area is 307 Å². The van der Waals surface area contributed by atoms with Gasteiger partial charge in [-0.2, -0.15) is 0 Å². The maximum atomic E-state index is 5.28. The van der Waals surface area contributed by atoms with E-state index in [-0.39, 0.29) is 0 Å². The molecule has 0 spiro atoms. The van der Waals surface area contributed by atoms with Crippen molar-refractivity contribution in [1.82, 2.24) is 19.5 Å². The highest BCUT2D eigenvalue weighted by Gasteiger charge is 2.24. The summed E-state index contributed by atoms with van der Waals surface area (Å²) in [7, 11) is 0. The van der Waals surface area contributed by atoms with Crippen LogP contribution >= 0.6 is 0 Å². The van der Waals surface area contributed by atoms with Crippen molar-refractivity contribution in [1.29, 1.82) is 0 Å². The van der Waals surface area contributed by atoms with E-state index in [1.165, 1.54) is 49.0 Å². The zero-order valence-electron chi connectivity index (χ0n) is 28.8. The molecule has 7 aromatic carbocycles. The predicted molar refractivity (Wildman–Crippen MR) is 219 cm³/mol. The molecule has 248 valence electrons. The molecule has 0 aliphatic heterocycles. The topological polar surface area (TPSA) is 43.6 Å². The molecule has 10 aromatic rings. The van der Waals surface area contributed by atoms with Crippen molar-refractivity contribution in [2.75, 3.05) is 0 Å². The largest absolute Gasteiger partial charge is 0.290 e. The quantitative estimate of drug-likeness (QED) is 0.165. The smallest absolute Gasteiger partial charge is 0.145 e. The maximum absolute atomic E-state index is 5.28. The average Bonchev–Trinajstić information content (AvgIpc) is 3.64. The van der Waals surface area contributed by atoms with Crippen LogP contribution in [-0.2, 0) is 0 Å². The zero-order valence-corrected chi connectivity index (χ0v) is 28.8. The minimum absolute atomic E-state index is 0.786. The lowest BCUT2D eigenvalue weighted by atomic mass is 9.85. The van der Waals surface area contributed by atoms with Crippen LogP contribution in [0.15, 0.2) is 194 Å². The molecule has 4 nitrogen and oxygen atoms in total. The highest BCUT2D eigenvalue weighted by molar-refractivity contribution is 6.21. The second-order valence-corrected chi connectivity index (χ2v) is 13.2. The highest BCUT2D eigenvalue weighted by atomic mass is 15.1. The minimum Gasteiger partial charge on any atom is -0.290 e. The predicted octanol–water partition coefficient (Wildman–Crippen LogP) is 12.5. The minimum atomic E-state index is 0.786. The van der Waals surface area contributed by atoms with Crippen molar-refractivity contribution in [3.63, 3.8) is 0 Å². The lowest BCUT2D eigenvalue weighted by molar-refractivity contribution is 1.06. The van der Waals surface area contributed by atoms with Crippen LogP contribution in [0.25, 0.3) is 94.4 Å². The van der Waals surface area contributed by atoms with Gasteiger partial charge in [0, 0.05) is 23.6 Å². The number of aromatic nitrogens is 4. The SMILES string of the molecule is c1ccc(-c2nc(-c3ccccn3)c(-c3ccccn3)n2-c2ccc(-c3c4ccccc4c(-c4ccc5ccccc5c4)c4ccccc34)cc2)cc1. The number of imidazole rings is 1. The van der Waals surface area contributed by atoms with Crippen LogP contribution in [0.4, 0.5) is 0 Å². The molecule has 0 saturated heterocycles. The van der Waals surface area contributed by atoms with Crippen LogP contribution in [0.2, 0.25) is 0 Å². The summed E-state index contributed by atoms with van der Waals surface area (Å²) in [5.41, 5.74) is 10.2. The van der Waals surface area contributed by atoms with Gasteiger partial charge in [-0.15, -0.1) is 0 Å². The summed E-state index contributed by atoms with van der Waals surface area (Å²) < 4.78 is 2.23.